The molecular formula is C8H12N2O7. The van der Waals surface area contributed by atoms with Crippen LogP contribution < -0.4 is 10.6 Å². The molecule has 1 saturated heterocycles. The molecule has 0 unspecified atom stereocenters. The van der Waals surface area contributed by atoms with Gasteiger partial charge in [0.15, 0.2) is 0 Å². The van der Waals surface area contributed by atoms with Gasteiger partial charge < -0.3 is 0 Å². The van der Waals surface area contributed by atoms with Crippen molar-refractivity contribution in [2.24, 2.45) is 5.41 Å². The summed E-state index contributed by atoms with van der Waals surface area (Å²) in [6, 6.07) is -0.912. The lowest BCUT2D eigenvalue weighted by atomic mass is 9.78. The monoisotopic (exact) mass is 248 g/mol. The molecule has 17 heavy (non-hydrogen) atoms. The van der Waals surface area contributed by atoms with Crippen LogP contribution in [0, 0.1) is 5.41 Å². The molecule has 0 spiro atoms. The highest BCUT2D eigenvalue weighted by atomic mass is 17.1. The third kappa shape index (κ3) is 2.77. The Morgan fingerprint density at radius 2 is 1.35 bits per heavy atom. The Balaban J connectivity index is 2.89. The van der Waals surface area contributed by atoms with Gasteiger partial charge in [0.2, 0.25) is 11.8 Å². The summed E-state index contributed by atoms with van der Waals surface area (Å²) < 4.78 is 0. The fourth-order valence-corrected chi connectivity index (χ4v) is 1.60. The number of amides is 4. The second-order valence-electron chi connectivity index (χ2n) is 3.49. The zero-order valence-electron chi connectivity index (χ0n) is 8.76. The van der Waals surface area contributed by atoms with Crippen LogP contribution in [0.5, 0.6) is 0 Å². The Morgan fingerprint density at radius 3 is 1.71 bits per heavy atom. The average molecular weight is 248 g/mol. The lowest BCUT2D eigenvalue weighted by Gasteiger charge is -2.33. The quantitative estimate of drug-likeness (QED) is 0.272. The number of hydrogen-bond donors (Lipinski definition) is 4. The number of hydrogen-bond acceptors (Lipinski definition) is 7. The molecule has 1 aliphatic rings. The molecule has 0 aliphatic carbocycles. The summed E-state index contributed by atoms with van der Waals surface area (Å²) in [6.07, 6.45) is -0.310. The Hall–Kier alpha value is -1.55. The second-order valence-corrected chi connectivity index (χ2v) is 3.49. The molecule has 0 saturated carbocycles. The molecule has 9 heteroatoms. The highest BCUT2D eigenvalue weighted by Gasteiger charge is 2.49. The maximum Gasteiger partial charge on any atom is 0.328 e. The summed E-state index contributed by atoms with van der Waals surface area (Å²) in [5.41, 5.74) is -1.61. The molecule has 4 amide bonds. The van der Waals surface area contributed by atoms with Crippen molar-refractivity contribution in [2.45, 2.75) is 12.8 Å². The van der Waals surface area contributed by atoms with E-state index in [0.29, 0.717) is 0 Å². The van der Waals surface area contributed by atoms with Gasteiger partial charge in [-0.25, -0.2) is 14.6 Å². The maximum absolute atomic E-state index is 11.7. The van der Waals surface area contributed by atoms with Crippen molar-refractivity contribution in [1.82, 2.24) is 10.6 Å². The molecule has 1 fully saturated rings. The van der Waals surface area contributed by atoms with Gasteiger partial charge in [-0.3, -0.25) is 30.7 Å². The van der Waals surface area contributed by atoms with Gasteiger partial charge in [-0.15, -0.1) is 0 Å². The van der Waals surface area contributed by atoms with E-state index in [2.05, 4.69) is 9.78 Å². The van der Waals surface area contributed by atoms with E-state index in [0.717, 1.165) is 0 Å². The third-order valence-electron chi connectivity index (χ3n) is 2.56. The predicted octanol–water partition coefficient (Wildman–Crippen LogP) is -0.902. The van der Waals surface area contributed by atoms with Gasteiger partial charge in [-0.2, -0.15) is 0 Å². The SMILES string of the molecule is O=C1NC(=O)C(CCOO)(CCOO)C(=O)N1. The average Bonchev–Trinajstić information content (AvgIpc) is 2.27. The molecule has 1 heterocycles. The fourth-order valence-electron chi connectivity index (χ4n) is 1.60. The van der Waals surface area contributed by atoms with Gasteiger partial charge in [-0.05, 0) is 12.8 Å². The molecule has 4 N–H and O–H groups in total. The summed E-state index contributed by atoms with van der Waals surface area (Å²) in [7, 11) is 0. The maximum atomic E-state index is 11.7. The Bertz CT molecular complexity index is 300. The first-order valence-corrected chi connectivity index (χ1v) is 4.76. The first kappa shape index (κ1) is 13.5. The van der Waals surface area contributed by atoms with E-state index in [-0.39, 0.29) is 26.1 Å². The third-order valence-corrected chi connectivity index (χ3v) is 2.56. The molecule has 0 aromatic heterocycles. The minimum atomic E-state index is -1.61. The Morgan fingerprint density at radius 1 is 0.941 bits per heavy atom. The molecular weight excluding hydrogens is 236 g/mol. The largest absolute Gasteiger partial charge is 0.328 e. The summed E-state index contributed by atoms with van der Waals surface area (Å²) in [4.78, 5) is 41.9. The summed E-state index contributed by atoms with van der Waals surface area (Å²) in [5.74, 6) is -1.64. The van der Waals surface area contributed by atoms with Gasteiger partial charge in [0.1, 0.15) is 5.41 Å². The van der Waals surface area contributed by atoms with Crippen molar-refractivity contribution in [3.05, 3.63) is 0 Å². The van der Waals surface area contributed by atoms with E-state index in [1.807, 2.05) is 10.6 Å². The number of nitrogens with one attached hydrogen (secondary N) is 2. The van der Waals surface area contributed by atoms with Crippen LogP contribution in [-0.4, -0.2) is 41.6 Å². The normalized spacial score (nSPS) is 18.8. The number of barbiturate groups is 1. The first-order valence-electron chi connectivity index (χ1n) is 4.76. The molecule has 0 radical (unpaired) electrons. The first-order chi connectivity index (χ1) is 8.06. The van der Waals surface area contributed by atoms with Crippen molar-refractivity contribution in [3.63, 3.8) is 0 Å². The minimum absolute atomic E-state index is 0.155. The van der Waals surface area contributed by atoms with Crippen molar-refractivity contribution < 1.29 is 34.7 Å². The number of imide groups is 2. The summed E-state index contributed by atoms with van der Waals surface area (Å²) >= 11 is 0. The zero-order chi connectivity index (χ0) is 12.9. The summed E-state index contributed by atoms with van der Waals surface area (Å²) in [5, 5.41) is 20.4. The van der Waals surface area contributed by atoms with Crippen LogP contribution in [-0.2, 0) is 19.4 Å². The smallest absolute Gasteiger partial charge is 0.277 e. The molecule has 0 aromatic rings. The Kier molecular flexibility index (Phi) is 4.52. The van der Waals surface area contributed by atoms with E-state index in [1.54, 1.807) is 0 Å². The lowest BCUT2D eigenvalue weighted by molar-refractivity contribution is -0.253. The molecule has 0 atom stereocenters. The molecule has 0 aromatic carbocycles. The van der Waals surface area contributed by atoms with Crippen molar-refractivity contribution in [3.8, 4) is 0 Å². The molecule has 96 valence electrons. The van der Waals surface area contributed by atoms with Gasteiger partial charge in [0, 0.05) is 0 Å². The van der Waals surface area contributed by atoms with Crippen LogP contribution in [0.15, 0.2) is 0 Å². The van der Waals surface area contributed by atoms with Crippen LogP contribution in [0.3, 0.4) is 0 Å². The number of carbonyl (C=O) groups excluding carboxylic acids is 3. The van der Waals surface area contributed by atoms with Crippen LogP contribution in [0.1, 0.15) is 12.8 Å². The van der Waals surface area contributed by atoms with Gasteiger partial charge in [0.05, 0.1) is 13.2 Å². The van der Waals surface area contributed by atoms with Crippen LogP contribution >= 0.6 is 0 Å². The fraction of sp³-hybridized carbons (Fsp3) is 0.625. The molecule has 1 rings (SSSR count). The molecule has 9 nitrogen and oxygen atoms in total. The van der Waals surface area contributed by atoms with Gasteiger partial charge in [0.25, 0.3) is 0 Å². The van der Waals surface area contributed by atoms with Gasteiger partial charge in [-0.1, -0.05) is 0 Å². The second kappa shape index (κ2) is 5.68. The number of urea groups is 1. The van der Waals surface area contributed by atoms with E-state index < -0.39 is 23.3 Å². The van der Waals surface area contributed by atoms with Crippen molar-refractivity contribution in [2.75, 3.05) is 13.2 Å². The summed E-state index contributed by atoms with van der Waals surface area (Å²) in [6.45, 7) is -0.555. The number of rotatable bonds is 6. The number of carbonyl (C=O) groups is 3. The molecule has 1 aliphatic heterocycles. The van der Waals surface area contributed by atoms with E-state index >= 15 is 0 Å². The van der Waals surface area contributed by atoms with E-state index in [4.69, 9.17) is 10.5 Å². The molecule has 0 bridgehead atoms. The highest BCUT2D eigenvalue weighted by molar-refractivity contribution is 6.19. The van der Waals surface area contributed by atoms with Crippen LogP contribution in [0.25, 0.3) is 0 Å². The van der Waals surface area contributed by atoms with E-state index in [1.165, 1.54) is 0 Å². The topological polar surface area (TPSA) is 134 Å². The minimum Gasteiger partial charge on any atom is -0.277 e. The standard InChI is InChI=1S/C8H12N2O7/c11-5-8(1-3-16-14,2-4-17-15)6(12)10-7(13)9-5/h14-15H,1-4H2,(H2,9,10,11,12,13). The lowest BCUT2D eigenvalue weighted by Crippen LogP contribution is -2.63. The van der Waals surface area contributed by atoms with E-state index in [9.17, 15) is 14.4 Å². The van der Waals surface area contributed by atoms with Gasteiger partial charge >= 0.3 is 6.03 Å². The zero-order valence-corrected chi connectivity index (χ0v) is 8.76. The Labute approximate surface area is 95.5 Å². The highest BCUT2D eigenvalue weighted by Crippen LogP contribution is 2.29. The van der Waals surface area contributed by atoms with Crippen molar-refractivity contribution >= 4 is 17.8 Å². The predicted molar refractivity (Wildman–Crippen MR) is 50.5 cm³/mol. The van der Waals surface area contributed by atoms with Crippen LogP contribution in [0.2, 0.25) is 0 Å². The van der Waals surface area contributed by atoms with Crippen molar-refractivity contribution in [1.29, 1.82) is 0 Å². The van der Waals surface area contributed by atoms with Crippen LogP contribution in [0.4, 0.5) is 4.79 Å².